The van der Waals surface area contributed by atoms with E-state index in [0.717, 1.165) is 19.5 Å². The maximum atomic E-state index is 12.1. The van der Waals surface area contributed by atoms with Gasteiger partial charge in [-0.1, -0.05) is 19.1 Å². The number of hydrogen-bond acceptors (Lipinski definition) is 2. The van der Waals surface area contributed by atoms with Crippen LogP contribution in [-0.2, 0) is 4.79 Å². The Kier molecular flexibility index (Phi) is 8.77. The highest BCUT2D eigenvalue weighted by molar-refractivity contribution is 5.85. The van der Waals surface area contributed by atoms with Crippen LogP contribution in [0.3, 0.4) is 0 Å². The molecule has 0 aromatic rings. The van der Waals surface area contributed by atoms with Crippen LogP contribution < -0.4 is 10.6 Å². The second kappa shape index (κ2) is 9.17. The summed E-state index contributed by atoms with van der Waals surface area (Å²) in [6, 6.07) is 0.258. The average molecular weight is 273 g/mol. The van der Waals surface area contributed by atoms with Crippen molar-refractivity contribution < 1.29 is 4.79 Å². The summed E-state index contributed by atoms with van der Waals surface area (Å²) in [5, 5.41) is 6.46. The van der Waals surface area contributed by atoms with Crippen molar-refractivity contribution in [3.63, 3.8) is 0 Å². The van der Waals surface area contributed by atoms with Crippen LogP contribution in [0.1, 0.15) is 26.2 Å². The molecule has 2 N–H and O–H groups in total. The fraction of sp³-hybridized carbons (Fsp3) is 0.643. The molecule has 0 bridgehead atoms. The van der Waals surface area contributed by atoms with Crippen LogP contribution in [0.25, 0.3) is 0 Å². The van der Waals surface area contributed by atoms with E-state index in [9.17, 15) is 4.79 Å². The smallest absolute Gasteiger partial charge is 0.224 e. The van der Waals surface area contributed by atoms with Crippen LogP contribution in [0.4, 0.5) is 0 Å². The van der Waals surface area contributed by atoms with E-state index in [1.807, 2.05) is 0 Å². The summed E-state index contributed by atoms with van der Waals surface area (Å²) >= 11 is 0. The lowest BCUT2D eigenvalue weighted by atomic mass is 9.93. The first-order valence-corrected chi connectivity index (χ1v) is 6.42. The zero-order valence-corrected chi connectivity index (χ0v) is 12.0. The van der Waals surface area contributed by atoms with Gasteiger partial charge in [-0.2, -0.15) is 0 Å². The Morgan fingerprint density at radius 3 is 2.56 bits per heavy atom. The first-order chi connectivity index (χ1) is 8.19. The molecular formula is C14H25ClN2O. The van der Waals surface area contributed by atoms with Crippen molar-refractivity contribution in [1.82, 2.24) is 10.6 Å². The Hall–Kier alpha value is -0.800. The molecule has 1 fully saturated rings. The highest BCUT2D eigenvalue weighted by Crippen LogP contribution is 2.15. The fourth-order valence-corrected chi connectivity index (χ4v) is 2.20. The number of rotatable bonds is 6. The SMILES string of the molecule is C=CCC(CC=C)C(=O)NC1CNCCC1C.Cl. The van der Waals surface area contributed by atoms with Gasteiger partial charge in [-0.25, -0.2) is 0 Å². The van der Waals surface area contributed by atoms with Gasteiger partial charge >= 0.3 is 0 Å². The zero-order chi connectivity index (χ0) is 12.7. The minimum absolute atomic E-state index is 0. The molecule has 1 heterocycles. The Bertz CT molecular complexity index is 271. The molecule has 0 saturated carbocycles. The minimum atomic E-state index is -0.0147. The van der Waals surface area contributed by atoms with Gasteiger partial charge in [-0.15, -0.1) is 25.6 Å². The third kappa shape index (κ3) is 5.23. The molecule has 104 valence electrons. The first kappa shape index (κ1) is 17.2. The number of piperidine rings is 1. The lowest BCUT2D eigenvalue weighted by Crippen LogP contribution is -2.51. The van der Waals surface area contributed by atoms with Gasteiger partial charge in [0.1, 0.15) is 0 Å². The first-order valence-electron chi connectivity index (χ1n) is 6.42. The van der Waals surface area contributed by atoms with Crippen molar-refractivity contribution >= 4 is 18.3 Å². The number of nitrogens with one attached hydrogen (secondary N) is 2. The Balaban J connectivity index is 0.00000289. The van der Waals surface area contributed by atoms with Crippen molar-refractivity contribution in [2.45, 2.75) is 32.2 Å². The molecule has 1 saturated heterocycles. The molecule has 4 heteroatoms. The van der Waals surface area contributed by atoms with Crippen LogP contribution >= 0.6 is 12.4 Å². The van der Waals surface area contributed by atoms with E-state index in [-0.39, 0.29) is 30.3 Å². The molecule has 1 aliphatic heterocycles. The highest BCUT2D eigenvalue weighted by Gasteiger charge is 2.25. The molecule has 0 aromatic carbocycles. The van der Waals surface area contributed by atoms with Crippen molar-refractivity contribution in [2.75, 3.05) is 13.1 Å². The maximum Gasteiger partial charge on any atom is 0.224 e. The Labute approximate surface area is 117 Å². The van der Waals surface area contributed by atoms with Gasteiger partial charge < -0.3 is 10.6 Å². The third-order valence-corrected chi connectivity index (χ3v) is 3.43. The Morgan fingerprint density at radius 1 is 1.44 bits per heavy atom. The van der Waals surface area contributed by atoms with E-state index in [0.29, 0.717) is 18.8 Å². The molecule has 1 aliphatic rings. The quantitative estimate of drug-likeness (QED) is 0.729. The number of carbonyl (C=O) groups excluding carboxylic acids is 1. The van der Waals surface area contributed by atoms with Crippen LogP contribution in [-0.4, -0.2) is 25.0 Å². The van der Waals surface area contributed by atoms with E-state index in [2.05, 4.69) is 30.7 Å². The van der Waals surface area contributed by atoms with Gasteiger partial charge in [-0.3, -0.25) is 4.79 Å². The van der Waals surface area contributed by atoms with Gasteiger partial charge in [0.25, 0.3) is 0 Å². The van der Waals surface area contributed by atoms with E-state index in [1.54, 1.807) is 12.2 Å². The molecule has 3 nitrogen and oxygen atoms in total. The summed E-state index contributed by atoms with van der Waals surface area (Å²) in [4.78, 5) is 12.1. The molecule has 2 unspecified atom stereocenters. The average Bonchev–Trinajstić information content (AvgIpc) is 2.32. The maximum absolute atomic E-state index is 12.1. The van der Waals surface area contributed by atoms with Crippen molar-refractivity contribution in [2.24, 2.45) is 11.8 Å². The largest absolute Gasteiger partial charge is 0.352 e. The normalized spacial score (nSPS) is 23.0. The molecule has 0 spiro atoms. The molecular weight excluding hydrogens is 248 g/mol. The number of amides is 1. The summed E-state index contributed by atoms with van der Waals surface area (Å²) in [6.45, 7) is 11.5. The van der Waals surface area contributed by atoms with E-state index in [1.165, 1.54) is 0 Å². The number of allylic oxidation sites excluding steroid dienone is 2. The molecule has 0 aromatic heterocycles. The topological polar surface area (TPSA) is 41.1 Å². The predicted molar refractivity (Wildman–Crippen MR) is 78.9 cm³/mol. The van der Waals surface area contributed by atoms with E-state index in [4.69, 9.17) is 0 Å². The predicted octanol–water partition coefficient (Wildman–Crippen LogP) is 2.29. The van der Waals surface area contributed by atoms with E-state index < -0.39 is 0 Å². The molecule has 2 atom stereocenters. The number of halogens is 1. The third-order valence-electron chi connectivity index (χ3n) is 3.43. The van der Waals surface area contributed by atoms with Crippen LogP contribution in [0.15, 0.2) is 25.3 Å². The second-order valence-electron chi connectivity index (χ2n) is 4.83. The second-order valence-corrected chi connectivity index (χ2v) is 4.83. The summed E-state index contributed by atoms with van der Waals surface area (Å²) in [5.74, 6) is 0.665. The lowest BCUT2D eigenvalue weighted by Gasteiger charge is -2.31. The van der Waals surface area contributed by atoms with E-state index >= 15 is 0 Å². The highest BCUT2D eigenvalue weighted by atomic mass is 35.5. The van der Waals surface area contributed by atoms with Gasteiger partial charge in [-0.05, 0) is 31.7 Å². The van der Waals surface area contributed by atoms with Gasteiger partial charge in [0.05, 0.1) is 0 Å². The van der Waals surface area contributed by atoms with Gasteiger partial charge in [0, 0.05) is 18.5 Å². The lowest BCUT2D eigenvalue weighted by molar-refractivity contribution is -0.126. The standard InChI is InChI=1S/C14H24N2O.ClH/c1-4-6-12(7-5-2)14(17)16-13-10-15-9-8-11(13)3;/h4-5,11-13,15H,1-2,6-10H2,3H3,(H,16,17);1H. The fourth-order valence-electron chi connectivity index (χ4n) is 2.20. The van der Waals surface area contributed by atoms with Crippen LogP contribution in [0.5, 0.6) is 0 Å². The summed E-state index contributed by atoms with van der Waals surface area (Å²) < 4.78 is 0. The Morgan fingerprint density at radius 2 is 2.06 bits per heavy atom. The zero-order valence-electron chi connectivity index (χ0n) is 11.2. The van der Waals surface area contributed by atoms with Gasteiger partial charge in [0.2, 0.25) is 5.91 Å². The molecule has 1 amide bonds. The van der Waals surface area contributed by atoms with Crippen molar-refractivity contribution in [3.05, 3.63) is 25.3 Å². The summed E-state index contributed by atoms with van der Waals surface area (Å²) in [6.07, 6.45) is 6.16. The van der Waals surface area contributed by atoms with Crippen molar-refractivity contribution in [3.8, 4) is 0 Å². The van der Waals surface area contributed by atoms with Gasteiger partial charge in [0.15, 0.2) is 0 Å². The number of carbonyl (C=O) groups is 1. The van der Waals surface area contributed by atoms with Crippen molar-refractivity contribution in [1.29, 1.82) is 0 Å². The van der Waals surface area contributed by atoms with Crippen LogP contribution in [0, 0.1) is 11.8 Å². The number of hydrogen-bond donors (Lipinski definition) is 2. The monoisotopic (exact) mass is 272 g/mol. The molecule has 0 radical (unpaired) electrons. The van der Waals surface area contributed by atoms with Crippen LogP contribution in [0.2, 0.25) is 0 Å². The summed E-state index contributed by atoms with van der Waals surface area (Å²) in [7, 11) is 0. The molecule has 1 rings (SSSR count). The molecule has 0 aliphatic carbocycles. The minimum Gasteiger partial charge on any atom is -0.352 e. The summed E-state index contributed by atoms with van der Waals surface area (Å²) in [5.41, 5.74) is 0. The molecule has 18 heavy (non-hydrogen) atoms.